The van der Waals surface area contributed by atoms with Gasteiger partial charge in [0.1, 0.15) is 18.8 Å². The Hall–Kier alpha value is -3.27. The van der Waals surface area contributed by atoms with Crippen molar-refractivity contribution in [2.45, 2.75) is 25.0 Å². The lowest BCUT2D eigenvalue weighted by atomic mass is 9.98. The fourth-order valence-electron chi connectivity index (χ4n) is 3.94. The zero-order chi connectivity index (χ0) is 23.4. The summed E-state index contributed by atoms with van der Waals surface area (Å²) in [4.78, 5) is 28.3. The van der Waals surface area contributed by atoms with Crippen molar-refractivity contribution < 1.29 is 29.3 Å². The zero-order valence-corrected chi connectivity index (χ0v) is 18.7. The minimum Gasteiger partial charge on any atom is -0.461 e. The molecule has 0 saturated heterocycles. The average molecular weight is 469 g/mol. The predicted molar refractivity (Wildman–Crippen MR) is 122 cm³/mol. The van der Waals surface area contributed by atoms with Crippen molar-refractivity contribution in [2.24, 2.45) is 0 Å². The van der Waals surface area contributed by atoms with Gasteiger partial charge in [0.2, 0.25) is 0 Å². The van der Waals surface area contributed by atoms with Gasteiger partial charge in [0.15, 0.2) is 5.69 Å². The van der Waals surface area contributed by atoms with Crippen molar-refractivity contribution in [1.82, 2.24) is 10.3 Å². The fourth-order valence-corrected chi connectivity index (χ4v) is 4.76. The molecular weight excluding hydrogens is 444 g/mol. The minimum atomic E-state index is -1.41. The number of aliphatic hydroxyl groups is 2. The van der Waals surface area contributed by atoms with Crippen LogP contribution in [0.1, 0.15) is 45.4 Å². The largest absolute Gasteiger partial charge is 0.461 e. The molecule has 33 heavy (non-hydrogen) atoms. The molecule has 172 valence electrons. The summed E-state index contributed by atoms with van der Waals surface area (Å²) in [7, 11) is 0. The predicted octanol–water partition coefficient (Wildman–Crippen LogP) is 3.25. The molecule has 0 spiro atoms. The summed E-state index contributed by atoms with van der Waals surface area (Å²) in [5.74, 6) is -0.757. The van der Waals surface area contributed by atoms with Crippen molar-refractivity contribution >= 4 is 23.4 Å². The molecule has 1 aromatic heterocycles. The van der Waals surface area contributed by atoms with Gasteiger partial charge in [-0.15, -0.1) is 11.3 Å². The monoisotopic (exact) mass is 468 g/mol. The van der Waals surface area contributed by atoms with Gasteiger partial charge in [-0.1, -0.05) is 48.5 Å². The minimum absolute atomic E-state index is 0.0467. The van der Waals surface area contributed by atoms with Crippen molar-refractivity contribution in [3.05, 3.63) is 75.7 Å². The Labute approximate surface area is 194 Å². The first kappa shape index (κ1) is 22.9. The van der Waals surface area contributed by atoms with E-state index in [4.69, 9.17) is 9.47 Å². The normalized spacial score (nSPS) is 14.2. The van der Waals surface area contributed by atoms with Crippen LogP contribution >= 0.6 is 11.3 Å². The van der Waals surface area contributed by atoms with Gasteiger partial charge in [-0.2, -0.15) is 0 Å². The molecule has 1 aliphatic rings. The van der Waals surface area contributed by atoms with Crippen LogP contribution in [0.2, 0.25) is 0 Å². The maximum Gasteiger partial charge on any atom is 0.407 e. The number of aromatic nitrogens is 1. The Morgan fingerprint density at radius 2 is 1.70 bits per heavy atom. The number of esters is 1. The Kier molecular flexibility index (Phi) is 7.02. The van der Waals surface area contributed by atoms with E-state index in [0.29, 0.717) is 0 Å². The van der Waals surface area contributed by atoms with Gasteiger partial charge in [-0.05, 0) is 29.2 Å². The molecule has 1 aliphatic carbocycles. The maximum atomic E-state index is 12.3. The highest BCUT2D eigenvalue weighted by atomic mass is 32.1. The summed E-state index contributed by atoms with van der Waals surface area (Å²) in [6.45, 7) is 1.70. The molecular formula is C24H24N2O6S. The number of hydrogen-bond donors (Lipinski definition) is 3. The molecule has 3 N–H and O–H groups in total. The molecule has 0 saturated carbocycles. The van der Waals surface area contributed by atoms with Gasteiger partial charge >= 0.3 is 12.1 Å². The Morgan fingerprint density at radius 3 is 2.33 bits per heavy atom. The molecule has 1 amide bonds. The van der Waals surface area contributed by atoms with E-state index in [9.17, 15) is 19.8 Å². The molecule has 9 heteroatoms. The third-order valence-electron chi connectivity index (χ3n) is 5.50. The number of fused-ring (bicyclic) bond motifs is 3. The molecule has 2 atom stereocenters. The van der Waals surface area contributed by atoms with E-state index in [1.807, 2.05) is 36.4 Å². The van der Waals surface area contributed by atoms with Crippen LogP contribution in [0.25, 0.3) is 11.1 Å². The summed E-state index contributed by atoms with van der Waals surface area (Å²) in [5.41, 5.74) is 5.79. The fraction of sp³-hybridized carbons (Fsp3) is 0.292. The summed E-state index contributed by atoms with van der Waals surface area (Å²) < 4.78 is 10.3. The molecule has 2 aromatic carbocycles. The van der Waals surface area contributed by atoms with Crippen LogP contribution in [-0.4, -0.2) is 53.1 Å². The summed E-state index contributed by atoms with van der Waals surface area (Å²) in [6.07, 6.45) is -3.48. The lowest BCUT2D eigenvalue weighted by molar-refractivity contribution is 0.0188. The van der Waals surface area contributed by atoms with Crippen molar-refractivity contribution in [1.29, 1.82) is 0 Å². The topological polar surface area (TPSA) is 118 Å². The van der Waals surface area contributed by atoms with Gasteiger partial charge in [0, 0.05) is 12.5 Å². The zero-order valence-electron chi connectivity index (χ0n) is 17.9. The number of aliphatic hydroxyl groups excluding tert-OH is 2. The number of amides is 1. The Balaban J connectivity index is 1.33. The van der Waals surface area contributed by atoms with Gasteiger partial charge in [0.25, 0.3) is 0 Å². The van der Waals surface area contributed by atoms with E-state index in [-0.39, 0.29) is 36.2 Å². The highest BCUT2D eigenvalue weighted by Gasteiger charge is 2.30. The Bertz CT molecular complexity index is 1100. The number of thiazole rings is 1. The van der Waals surface area contributed by atoms with E-state index >= 15 is 0 Å². The third kappa shape index (κ3) is 4.75. The van der Waals surface area contributed by atoms with Crippen molar-refractivity contribution in [3.8, 4) is 11.1 Å². The van der Waals surface area contributed by atoms with E-state index in [1.165, 1.54) is 5.51 Å². The number of nitrogens with zero attached hydrogens (tertiary/aromatic N) is 1. The van der Waals surface area contributed by atoms with Crippen LogP contribution in [0.4, 0.5) is 4.79 Å². The number of alkyl carbamates (subject to hydrolysis) is 1. The number of nitrogens with one attached hydrogen (secondary N) is 1. The van der Waals surface area contributed by atoms with E-state index in [1.54, 1.807) is 6.92 Å². The summed E-state index contributed by atoms with van der Waals surface area (Å²) >= 11 is 1.02. The van der Waals surface area contributed by atoms with Crippen LogP contribution in [0, 0.1) is 0 Å². The third-order valence-corrected chi connectivity index (χ3v) is 6.40. The second-order valence-electron chi connectivity index (χ2n) is 7.50. The van der Waals surface area contributed by atoms with Gasteiger partial charge in [-0.3, -0.25) is 0 Å². The number of ether oxygens (including phenoxy) is 2. The number of hydrogen-bond acceptors (Lipinski definition) is 8. The SMILES string of the molecule is CCOC(=O)c1ncsc1C(O)C(O)CNC(=O)OCC1c2ccccc2-c2ccccc21. The van der Waals surface area contributed by atoms with Crippen LogP contribution < -0.4 is 5.32 Å². The molecule has 1 heterocycles. The summed E-state index contributed by atoms with van der Waals surface area (Å²) in [6, 6.07) is 16.0. The second kappa shape index (κ2) is 10.1. The van der Waals surface area contributed by atoms with Crippen LogP contribution in [-0.2, 0) is 9.47 Å². The first-order valence-electron chi connectivity index (χ1n) is 10.6. The summed E-state index contributed by atoms with van der Waals surface area (Å²) in [5, 5.41) is 23.2. The Morgan fingerprint density at radius 1 is 1.06 bits per heavy atom. The standard InChI is InChI=1S/C24H24N2O6S/c1-2-31-23(29)20-22(33-13-26-20)21(28)19(27)11-25-24(30)32-12-18-16-9-5-3-7-14(16)15-8-4-6-10-17(15)18/h3-10,13,18-19,21,27-28H,2,11-12H2,1H3,(H,25,30). The smallest absolute Gasteiger partial charge is 0.407 e. The first-order chi connectivity index (χ1) is 16.0. The van der Waals surface area contributed by atoms with E-state index < -0.39 is 24.3 Å². The van der Waals surface area contributed by atoms with Gasteiger partial charge < -0.3 is 25.0 Å². The quantitative estimate of drug-likeness (QED) is 0.434. The number of benzene rings is 2. The number of carbonyl (C=O) groups is 2. The van der Waals surface area contributed by atoms with Crippen LogP contribution in [0.3, 0.4) is 0 Å². The molecule has 4 rings (SSSR count). The van der Waals surface area contributed by atoms with Crippen LogP contribution in [0.5, 0.6) is 0 Å². The molecule has 8 nitrogen and oxygen atoms in total. The number of carbonyl (C=O) groups excluding carboxylic acids is 2. The van der Waals surface area contributed by atoms with Gasteiger partial charge in [-0.25, -0.2) is 14.6 Å². The molecule has 0 fully saturated rings. The van der Waals surface area contributed by atoms with Crippen molar-refractivity contribution in [3.63, 3.8) is 0 Å². The molecule has 2 unspecified atom stereocenters. The highest BCUT2D eigenvalue weighted by Crippen LogP contribution is 2.44. The van der Waals surface area contributed by atoms with Crippen LogP contribution in [0.15, 0.2) is 54.0 Å². The lowest BCUT2D eigenvalue weighted by Gasteiger charge is -2.19. The first-order valence-corrected chi connectivity index (χ1v) is 11.4. The van der Waals surface area contributed by atoms with E-state index in [0.717, 1.165) is 33.6 Å². The second-order valence-corrected chi connectivity index (χ2v) is 8.39. The van der Waals surface area contributed by atoms with Crippen molar-refractivity contribution in [2.75, 3.05) is 19.8 Å². The molecule has 0 aliphatic heterocycles. The lowest BCUT2D eigenvalue weighted by Crippen LogP contribution is -2.36. The maximum absolute atomic E-state index is 12.3. The highest BCUT2D eigenvalue weighted by molar-refractivity contribution is 7.10. The van der Waals surface area contributed by atoms with Gasteiger partial charge in [0.05, 0.1) is 17.0 Å². The van der Waals surface area contributed by atoms with E-state index in [2.05, 4.69) is 22.4 Å². The number of rotatable bonds is 8. The average Bonchev–Trinajstić information content (AvgIpc) is 3.44. The molecule has 3 aromatic rings. The molecule has 0 bridgehead atoms. The molecule has 0 radical (unpaired) electrons.